The Hall–Kier alpha value is -2.07. The molecular weight excluding hydrogens is 300 g/mol. The summed E-state index contributed by atoms with van der Waals surface area (Å²) in [6, 6.07) is 10.8. The normalized spacial score (nSPS) is 18.0. The third-order valence-corrected chi connectivity index (χ3v) is 4.05. The molecule has 1 unspecified atom stereocenters. The topological polar surface area (TPSA) is 42.4 Å². The molecule has 1 aromatic heterocycles. The van der Waals surface area contributed by atoms with Gasteiger partial charge in [0.05, 0.1) is 17.1 Å². The van der Waals surface area contributed by atoms with E-state index in [9.17, 15) is 4.79 Å². The lowest BCUT2D eigenvalue weighted by Gasteiger charge is -2.33. The van der Waals surface area contributed by atoms with Crippen molar-refractivity contribution in [3.8, 4) is 5.75 Å². The average Bonchev–Trinajstić information content (AvgIpc) is 2.56. The number of rotatable bonds is 3. The van der Waals surface area contributed by atoms with Crippen LogP contribution in [0.4, 0.5) is 0 Å². The zero-order chi connectivity index (χ0) is 15.4. The van der Waals surface area contributed by atoms with Crippen LogP contribution in [0.2, 0.25) is 5.02 Å². The smallest absolute Gasteiger partial charge is 0.255 e. The summed E-state index contributed by atoms with van der Waals surface area (Å²) < 4.78 is 5.93. The molecule has 0 saturated carbocycles. The number of hydrogen-bond donors (Lipinski definition) is 0. The summed E-state index contributed by atoms with van der Waals surface area (Å²) in [6.45, 7) is 1.31. The quantitative estimate of drug-likeness (QED) is 0.871. The van der Waals surface area contributed by atoms with Crippen molar-refractivity contribution >= 4 is 17.5 Å². The molecule has 1 fully saturated rings. The van der Waals surface area contributed by atoms with Crippen LogP contribution in [0.25, 0.3) is 0 Å². The van der Waals surface area contributed by atoms with Crippen LogP contribution in [0, 0.1) is 0 Å². The van der Waals surface area contributed by atoms with Crippen LogP contribution in [-0.2, 0) is 0 Å². The third-order valence-electron chi connectivity index (χ3n) is 3.72. The predicted molar refractivity (Wildman–Crippen MR) is 85.2 cm³/mol. The number of carbonyl (C=O) groups is 1. The maximum Gasteiger partial charge on any atom is 0.255 e. The molecule has 1 aliphatic heterocycles. The molecule has 1 aromatic carbocycles. The van der Waals surface area contributed by atoms with E-state index >= 15 is 0 Å². The number of carbonyl (C=O) groups excluding carboxylic acids is 1. The molecule has 1 aliphatic rings. The summed E-state index contributed by atoms with van der Waals surface area (Å²) in [5.74, 6) is 0.751. The summed E-state index contributed by atoms with van der Waals surface area (Å²) in [7, 11) is 0. The molecule has 22 heavy (non-hydrogen) atoms. The highest BCUT2D eigenvalue weighted by molar-refractivity contribution is 6.33. The minimum Gasteiger partial charge on any atom is -0.488 e. The molecule has 1 atom stereocenters. The number of pyridine rings is 1. The van der Waals surface area contributed by atoms with Gasteiger partial charge >= 0.3 is 0 Å². The van der Waals surface area contributed by atoms with Gasteiger partial charge in [-0.1, -0.05) is 23.7 Å². The van der Waals surface area contributed by atoms with Gasteiger partial charge in [-0.3, -0.25) is 9.78 Å². The van der Waals surface area contributed by atoms with Crippen LogP contribution in [0.5, 0.6) is 5.75 Å². The number of halogens is 1. The molecule has 2 heterocycles. The molecule has 114 valence electrons. The van der Waals surface area contributed by atoms with E-state index in [0.29, 0.717) is 17.1 Å². The first-order valence-electron chi connectivity index (χ1n) is 7.34. The van der Waals surface area contributed by atoms with E-state index in [2.05, 4.69) is 4.98 Å². The Balaban J connectivity index is 1.68. The number of piperidine rings is 1. The lowest BCUT2D eigenvalue weighted by molar-refractivity contribution is 0.0538. The Morgan fingerprint density at radius 2 is 2.00 bits per heavy atom. The fourth-order valence-corrected chi connectivity index (χ4v) is 2.85. The average molecular weight is 317 g/mol. The van der Waals surface area contributed by atoms with Crippen molar-refractivity contribution in [2.75, 3.05) is 13.1 Å². The fraction of sp³-hybridized carbons (Fsp3) is 0.294. The molecule has 0 bridgehead atoms. The number of ether oxygens (including phenoxy) is 1. The van der Waals surface area contributed by atoms with Crippen LogP contribution in [0.1, 0.15) is 23.2 Å². The molecule has 1 amide bonds. The van der Waals surface area contributed by atoms with E-state index in [-0.39, 0.29) is 12.0 Å². The SMILES string of the molecule is O=C(c1ccccc1Cl)N1CCCC(Oc2ccncc2)C1. The van der Waals surface area contributed by atoms with Crippen molar-refractivity contribution < 1.29 is 9.53 Å². The zero-order valence-electron chi connectivity index (χ0n) is 12.1. The first-order chi connectivity index (χ1) is 10.7. The highest BCUT2D eigenvalue weighted by Crippen LogP contribution is 2.22. The van der Waals surface area contributed by atoms with Gasteiger partial charge in [-0.05, 0) is 37.1 Å². The van der Waals surface area contributed by atoms with Crippen LogP contribution < -0.4 is 4.74 Å². The molecule has 0 N–H and O–H groups in total. The monoisotopic (exact) mass is 316 g/mol. The van der Waals surface area contributed by atoms with Crippen LogP contribution in [-0.4, -0.2) is 35.0 Å². The Bertz CT molecular complexity index is 648. The van der Waals surface area contributed by atoms with Gasteiger partial charge in [0.2, 0.25) is 0 Å². The van der Waals surface area contributed by atoms with Crippen LogP contribution >= 0.6 is 11.6 Å². The number of benzene rings is 1. The standard InChI is InChI=1S/C17H17ClN2O2/c18-16-6-2-1-5-15(16)17(21)20-11-3-4-14(12-20)22-13-7-9-19-10-8-13/h1-2,5-10,14H,3-4,11-12H2. The van der Waals surface area contributed by atoms with E-state index < -0.39 is 0 Å². The second kappa shape index (κ2) is 6.79. The number of nitrogens with zero attached hydrogens (tertiary/aromatic N) is 2. The van der Waals surface area contributed by atoms with Crippen molar-refractivity contribution in [2.24, 2.45) is 0 Å². The van der Waals surface area contributed by atoms with Crippen molar-refractivity contribution in [2.45, 2.75) is 18.9 Å². The number of amides is 1. The molecule has 0 radical (unpaired) electrons. The van der Waals surface area contributed by atoms with E-state index in [1.165, 1.54) is 0 Å². The predicted octanol–water partition coefficient (Wildman–Crippen LogP) is 3.42. The third kappa shape index (κ3) is 3.39. The van der Waals surface area contributed by atoms with Gasteiger partial charge in [0.15, 0.2) is 0 Å². The molecule has 1 saturated heterocycles. The Kier molecular flexibility index (Phi) is 4.59. The highest BCUT2D eigenvalue weighted by Gasteiger charge is 2.26. The molecule has 4 nitrogen and oxygen atoms in total. The first kappa shape index (κ1) is 14.9. The van der Waals surface area contributed by atoms with E-state index in [0.717, 1.165) is 25.1 Å². The lowest BCUT2D eigenvalue weighted by Crippen LogP contribution is -2.44. The summed E-state index contributed by atoms with van der Waals surface area (Å²) in [5.41, 5.74) is 0.550. The number of aromatic nitrogens is 1. The van der Waals surface area contributed by atoms with Crippen molar-refractivity contribution in [1.82, 2.24) is 9.88 Å². The highest BCUT2D eigenvalue weighted by atomic mass is 35.5. The van der Waals surface area contributed by atoms with Gasteiger partial charge in [0.1, 0.15) is 11.9 Å². The fourth-order valence-electron chi connectivity index (χ4n) is 2.63. The summed E-state index contributed by atoms with van der Waals surface area (Å²) in [5, 5.41) is 0.490. The minimum atomic E-state index is -0.0337. The molecule has 3 rings (SSSR count). The summed E-state index contributed by atoms with van der Waals surface area (Å²) in [6.07, 6.45) is 5.26. The van der Waals surface area contributed by atoms with Crippen LogP contribution in [0.3, 0.4) is 0 Å². The summed E-state index contributed by atoms with van der Waals surface area (Å²) >= 11 is 6.12. The van der Waals surface area contributed by atoms with E-state index in [4.69, 9.17) is 16.3 Å². The largest absolute Gasteiger partial charge is 0.488 e. The first-order valence-corrected chi connectivity index (χ1v) is 7.72. The Labute approximate surface area is 134 Å². The molecule has 2 aromatic rings. The van der Waals surface area contributed by atoms with Gasteiger partial charge in [-0.2, -0.15) is 0 Å². The van der Waals surface area contributed by atoms with Gasteiger partial charge in [0, 0.05) is 18.9 Å². The van der Waals surface area contributed by atoms with Gasteiger partial charge in [-0.25, -0.2) is 0 Å². The van der Waals surface area contributed by atoms with Gasteiger partial charge < -0.3 is 9.64 Å². The van der Waals surface area contributed by atoms with Crippen molar-refractivity contribution in [1.29, 1.82) is 0 Å². The molecule has 5 heteroatoms. The number of hydrogen-bond acceptors (Lipinski definition) is 3. The second-order valence-electron chi connectivity index (χ2n) is 5.30. The van der Waals surface area contributed by atoms with Crippen LogP contribution in [0.15, 0.2) is 48.8 Å². The molecule has 0 aliphatic carbocycles. The van der Waals surface area contributed by atoms with Crippen molar-refractivity contribution in [3.05, 3.63) is 59.4 Å². The molecule has 0 spiro atoms. The van der Waals surface area contributed by atoms with Gasteiger partial charge in [-0.15, -0.1) is 0 Å². The van der Waals surface area contributed by atoms with E-state index in [1.807, 2.05) is 29.2 Å². The maximum atomic E-state index is 12.6. The Morgan fingerprint density at radius 1 is 1.23 bits per heavy atom. The summed E-state index contributed by atoms with van der Waals surface area (Å²) in [4.78, 5) is 18.4. The van der Waals surface area contributed by atoms with Gasteiger partial charge in [0.25, 0.3) is 5.91 Å². The zero-order valence-corrected chi connectivity index (χ0v) is 12.9. The Morgan fingerprint density at radius 3 is 2.77 bits per heavy atom. The van der Waals surface area contributed by atoms with Crippen molar-refractivity contribution in [3.63, 3.8) is 0 Å². The molecular formula is C17H17ClN2O2. The number of likely N-dealkylation sites (tertiary alicyclic amines) is 1. The van der Waals surface area contributed by atoms with E-state index in [1.54, 1.807) is 24.5 Å². The lowest BCUT2D eigenvalue weighted by atomic mass is 10.1. The second-order valence-corrected chi connectivity index (χ2v) is 5.70. The maximum absolute atomic E-state index is 12.6. The minimum absolute atomic E-state index is 0.00240.